The Labute approximate surface area is 134 Å². The molecule has 0 aromatic carbocycles. The predicted octanol–water partition coefficient (Wildman–Crippen LogP) is 2.06. The summed E-state index contributed by atoms with van der Waals surface area (Å²) in [5, 5.41) is 7.81. The van der Waals surface area contributed by atoms with E-state index in [-0.39, 0.29) is 18.1 Å². The number of rotatable bonds is 3. The molecule has 2 aromatic rings. The zero-order valence-corrected chi connectivity index (χ0v) is 13.4. The molecule has 6 nitrogen and oxygen atoms in total. The van der Waals surface area contributed by atoms with Crippen molar-refractivity contribution in [3.8, 4) is 0 Å². The maximum atomic E-state index is 12.4. The lowest BCUT2D eigenvalue weighted by atomic mass is 10.0. The molecule has 0 spiro atoms. The Balaban J connectivity index is 1.67. The summed E-state index contributed by atoms with van der Waals surface area (Å²) in [6.45, 7) is 0.620. The smallest absolute Gasteiger partial charge is 0.268 e. The Morgan fingerprint density at radius 3 is 2.95 bits per heavy atom. The van der Waals surface area contributed by atoms with Gasteiger partial charge in [0.25, 0.3) is 5.91 Å². The van der Waals surface area contributed by atoms with Crippen LogP contribution in [0.4, 0.5) is 0 Å². The fourth-order valence-corrected chi connectivity index (χ4v) is 3.09. The number of aryl methyl sites for hydroxylation is 2. The Hall–Kier alpha value is -1.79. The topological polar surface area (TPSA) is 61.1 Å². The number of halogens is 1. The number of aromatic nitrogens is 3. The van der Waals surface area contributed by atoms with Gasteiger partial charge in [0.1, 0.15) is 11.8 Å². The van der Waals surface area contributed by atoms with E-state index in [1.807, 2.05) is 24.8 Å². The quantitative estimate of drug-likeness (QED) is 0.941. The van der Waals surface area contributed by atoms with Crippen molar-refractivity contribution >= 4 is 17.5 Å². The van der Waals surface area contributed by atoms with E-state index in [1.165, 1.54) is 0 Å². The lowest BCUT2D eigenvalue weighted by Gasteiger charge is -2.30. The van der Waals surface area contributed by atoms with Crippen LogP contribution in [0.5, 0.6) is 0 Å². The highest BCUT2D eigenvalue weighted by atomic mass is 35.5. The molecule has 3 rings (SSSR count). The van der Waals surface area contributed by atoms with Crippen LogP contribution in [0.2, 0.25) is 5.02 Å². The average Bonchev–Trinajstić information content (AvgIpc) is 3.04. The van der Waals surface area contributed by atoms with Crippen LogP contribution in [-0.2, 0) is 18.8 Å². The molecule has 1 fully saturated rings. The number of ether oxygens (including phenoxy) is 1. The second-order valence-electron chi connectivity index (χ2n) is 5.59. The molecular weight excluding hydrogens is 304 g/mol. The first-order chi connectivity index (χ1) is 10.5. The molecule has 0 unspecified atom stereocenters. The SMILES string of the molecule is Cn1cc(Cl)cc1C(=O)N[C@H]1CCO[C@@H](c2ccnn2C)C1. The summed E-state index contributed by atoms with van der Waals surface area (Å²) in [6.07, 6.45) is 4.98. The standard InChI is InChI=1S/C15H19ClN4O2/c1-19-9-10(16)7-13(19)15(21)18-11-4-6-22-14(8-11)12-3-5-17-20(12)2/h3,5,7,9,11,14H,4,6,8H2,1-2H3,(H,18,21)/t11-,14+/m0/s1. The first kappa shape index (κ1) is 15.1. The molecule has 0 saturated carbocycles. The average molecular weight is 323 g/mol. The van der Waals surface area contributed by atoms with Crippen LogP contribution >= 0.6 is 11.6 Å². The molecule has 7 heteroatoms. The van der Waals surface area contributed by atoms with E-state index in [1.54, 1.807) is 23.0 Å². The molecule has 1 amide bonds. The molecule has 22 heavy (non-hydrogen) atoms. The number of nitrogens with zero attached hydrogens (tertiary/aromatic N) is 3. The summed E-state index contributed by atoms with van der Waals surface area (Å²) in [5.41, 5.74) is 1.59. The summed E-state index contributed by atoms with van der Waals surface area (Å²) in [6, 6.07) is 3.70. The fraction of sp³-hybridized carbons (Fsp3) is 0.467. The van der Waals surface area contributed by atoms with Crippen LogP contribution in [0, 0.1) is 0 Å². The third-order valence-electron chi connectivity index (χ3n) is 4.01. The first-order valence-corrected chi connectivity index (χ1v) is 7.64. The Kier molecular flexibility index (Phi) is 4.22. The monoisotopic (exact) mass is 322 g/mol. The van der Waals surface area contributed by atoms with Gasteiger partial charge in [-0.05, 0) is 25.0 Å². The maximum absolute atomic E-state index is 12.4. The molecule has 1 aliphatic rings. The van der Waals surface area contributed by atoms with Gasteiger partial charge in [0.15, 0.2) is 0 Å². The van der Waals surface area contributed by atoms with Crippen molar-refractivity contribution in [2.45, 2.75) is 25.0 Å². The third-order valence-corrected chi connectivity index (χ3v) is 4.22. The minimum Gasteiger partial charge on any atom is -0.372 e. The summed E-state index contributed by atoms with van der Waals surface area (Å²) in [7, 11) is 3.70. The number of carbonyl (C=O) groups is 1. The highest BCUT2D eigenvalue weighted by molar-refractivity contribution is 6.31. The zero-order chi connectivity index (χ0) is 15.7. The van der Waals surface area contributed by atoms with Crippen molar-refractivity contribution in [2.24, 2.45) is 14.1 Å². The van der Waals surface area contributed by atoms with Gasteiger partial charge in [-0.2, -0.15) is 5.10 Å². The fourth-order valence-electron chi connectivity index (χ4n) is 2.84. The Bertz CT molecular complexity index is 679. The predicted molar refractivity (Wildman–Crippen MR) is 82.8 cm³/mol. The van der Waals surface area contributed by atoms with Crippen molar-refractivity contribution in [1.82, 2.24) is 19.7 Å². The second kappa shape index (κ2) is 6.14. The van der Waals surface area contributed by atoms with Crippen LogP contribution in [-0.4, -0.2) is 32.9 Å². The van der Waals surface area contributed by atoms with E-state index >= 15 is 0 Å². The lowest BCUT2D eigenvalue weighted by molar-refractivity contribution is -0.00358. The van der Waals surface area contributed by atoms with Gasteiger partial charge >= 0.3 is 0 Å². The van der Waals surface area contributed by atoms with E-state index in [0.29, 0.717) is 17.3 Å². The molecule has 1 aliphatic heterocycles. The Morgan fingerprint density at radius 1 is 1.50 bits per heavy atom. The molecule has 118 valence electrons. The van der Waals surface area contributed by atoms with Crippen molar-refractivity contribution in [3.05, 3.63) is 40.9 Å². The molecule has 1 N–H and O–H groups in total. The van der Waals surface area contributed by atoms with Crippen LogP contribution in [0.25, 0.3) is 0 Å². The molecule has 1 saturated heterocycles. The molecular formula is C15H19ClN4O2. The highest BCUT2D eigenvalue weighted by Crippen LogP contribution is 2.27. The van der Waals surface area contributed by atoms with Crippen molar-refractivity contribution in [1.29, 1.82) is 0 Å². The second-order valence-corrected chi connectivity index (χ2v) is 6.02. The van der Waals surface area contributed by atoms with E-state index in [9.17, 15) is 4.79 Å². The van der Waals surface area contributed by atoms with E-state index in [2.05, 4.69) is 10.4 Å². The van der Waals surface area contributed by atoms with E-state index < -0.39 is 0 Å². The van der Waals surface area contributed by atoms with Gasteiger partial charge in [-0.3, -0.25) is 9.48 Å². The summed E-state index contributed by atoms with van der Waals surface area (Å²) in [4.78, 5) is 12.4. The van der Waals surface area contributed by atoms with Crippen molar-refractivity contribution in [2.75, 3.05) is 6.61 Å². The minimum atomic E-state index is -0.106. The molecule has 3 heterocycles. The highest BCUT2D eigenvalue weighted by Gasteiger charge is 2.27. The van der Waals surface area contributed by atoms with Crippen LogP contribution in [0.15, 0.2) is 24.5 Å². The molecule has 0 bridgehead atoms. The first-order valence-electron chi connectivity index (χ1n) is 7.27. The lowest BCUT2D eigenvalue weighted by Crippen LogP contribution is -2.40. The normalized spacial score (nSPS) is 21.8. The summed E-state index contributed by atoms with van der Waals surface area (Å²) < 4.78 is 9.35. The van der Waals surface area contributed by atoms with Gasteiger partial charge in [-0.25, -0.2) is 0 Å². The molecule has 2 atom stereocenters. The van der Waals surface area contributed by atoms with E-state index in [4.69, 9.17) is 16.3 Å². The summed E-state index contributed by atoms with van der Waals surface area (Å²) in [5.74, 6) is -0.106. The largest absolute Gasteiger partial charge is 0.372 e. The zero-order valence-electron chi connectivity index (χ0n) is 12.6. The van der Waals surface area contributed by atoms with Crippen LogP contribution in [0.3, 0.4) is 0 Å². The number of carbonyl (C=O) groups excluding carboxylic acids is 1. The van der Waals surface area contributed by atoms with Gasteiger partial charge in [0.2, 0.25) is 0 Å². The van der Waals surface area contributed by atoms with E-state index in [0.717, 1.165) is 18.5 Å². The molecule has 0 radical (unpaired) electrons. The Morgan fingerprint density at radius 2 is 2.32 bits per heavy atom. The number of nitrogens with one attached hydrogen (secondary N) is 1. The number of hydrogen-bond donors (Lipinski definition) is 1. The molecule has 0 aliphatic carbocycles. The van der Waals surface area contributed by atoms with Crippen LogP contribution < -0.4 is 5.32 Å². The summed E-state index contributed by atoms with van der Waals surface area (Å²) >= 11 is 5.93. The number of hydrogen-bond acceptors (Lipinski definition) is 3. The van der Waals surface area contributed by atoms with Crippen molar-refractivity contribution in [3.63, 3.8) is 0 Å². The van der Waals surface area contributed by atoms with Crippen molar-refractivity contribution < 1.29 is 9.53 Å². The van der Waals surface area contributed by atoms with Gasteiger partial charge in [0.05, 0.1) is 10.7 Å². The van der Waals surface area contributed by atoms with Crippen LogP contribution in [0.1, 0.15) is 35.1 Å². The third kappa shape index (κ3) is 3.03. The van der Waals surface area contributed by atoms with Gasteiger partial charge < -0.3 is 14.6 Å². The molecule has 2 aromatic heterocycles. The van der Waals surface area contributed by atoms with Gasteiger partial charge in [-0.15, -0.1) is 0 Å². The van der Waals surface area contributed by atoms with Gasteiger partial charge in [-0.1, -0.05) is 11.6 Å². The maximum Gasteiger partial charge on any atom is 0.268 e. The minimum absolute atomic E-state index is 0.0384. The van der Waals surface area contributed by atoms with Gasteiger partial charge in [0, 0.05) is 39.1 Å². The number of amides is 1.